The zero-order valence-corrected chi connectivity index (χ0v) is 6.43. The van der Waals surface area contributed by atoms with E-state index >= 15 is 0 Å². The van der Waals surface area contributed by atoms with Gasteiger partial charge >= 0.3 is 11.7 Å². The van der Waals surface area contributed by atoms with Gasteiger partial charge in [-0.1, -0.05) is 0 Å². The number of hydrogen-bond donors (Lipinski definition) is 0. The summed E-state index contributed by atoms with van der Waals surface area (Å²) >= 11 is 0. The normalized spacial score (nSPS) is 9.42. The summed E-state index contributed by atoms with van der Waals surface area (Å²) in [6, 6.07) is 0. The second-order valence-corrected chi connectivity index (χ2v) is 2.00. The van der Waals surface area contributed by atoms with Crippen molar-refractivity contribution in [3.05, 3.63) is 23.1 Å². The monoisotopic (exact) mass is 169 g/mol. The van der Waals surface area contributed by atoms with Crippen LogP contribution in [-0.2, 0) is 16.1 Å². The minimum Gasteiger partial charge on any atom is -0.468 e. The molecule has 0 aromatic carbocycles. The number of rotatable bonds is 2. The van der Waals surface area contributed by atoms with Gasteiger partial charge in [0.25, 0.3) is 0 Å². The van der Waals surface area contributed by atoms with Crippen molar-refractivity contribution in [2.45, 2.75) is 6.54 Å². The Morgan fingerprint density at radius 3 is 3.08 bits per heavy atom. The molecule has 6 nitrogen and oxygen atoms in total. The van der Waals surface area contributed by atoms with E-state index in [-0.39, 0.29) is 6.54 Å². The molecule has 0 spiro atoms. The van der Waals surface area contributed by atoms with Crippen LogP contribution in [0.15, 0.2) is 17.4 Å². The molecule has 0 aliphatic carbocycles. The first kappa shape index (κ1) is 8.38. The fourth-order valence-electron chi connectivity index (χ4n) is 0.629. The van der Waals surface area contributed by atoms with E-state index in [1.807, 2.05) is 0 Å². The molecular formula is C6H7N3O3. The van der Waals surface area contributed by atoms with Gasteiger partial charge in [-0.25, -0.2) is 9.78 Å². The third-order valence-electron chi connectivity index (χ3n) is 1.21. The molecule has 0 unspecified atom stereocenters. The molecule has 12 heavy (non-hydrogen) atoms. The van der Waals surface area contributed by atoms with Gasteiger partial charge in [0.15, 0.2) is 0 Å². The maximum Gasteiger partial charge on any atom is 0.350 e. The average molecular weight is 169 g/mol. The lowest BCUT2D eigenvalue weighted by molar-refractivity contribution is -0.141. The summed E-state index contributed by atoms with van der Waals surface area (Å²) in [5.74, 6) is -0.507. The first-order valence-corrected chi connectivity index (χ1v) is 3.17. The Morgan fingerprint density at radius 1 is 1.75 bits per heavy atom. The molecule has 1 aromatic rings. The van der Waals surface area contributed by atoms with Crippen molar-refractivity contribution in [3.8, 4) is 0 Å². The highest BCUT2D eigenvalue weighted by molar-refractivity contribution is 5.68. The smallest absolute Gasteiger partial charge is 0.350 e. The predicted molar refractivity (Wildman–Crippen MR) is 38.3 cm³/mol. The molecule has 0 aliphatic heterocycles. The van der Waals surface area contributed by atoms with Crippen molar-refractivity contribution in [3.63, 3.8) is 0 Å². The summed E-state index contributed by atoms with van der Waals surface area (Å²) in [5.41, 5.74) is -0.518. The fraction of sp³-hybridized carbons (Fsp3) is 0.333. The van der Waals surface area contributed by atoms with Gasteiger partial charge < -0.3 is 4.74 Å². The van der Waals surface area contributed by atoms with Gasteiger partial charge in [-0.05, 0) is 0 Å². The van der Waals surface area contributed by atoms with Gasteiger partial charge in [0, 0.05) is 0 Å². The Bertz CT molecular complexity index is 333. The number of methoxy groups -OCH3 is 1. The number of nitrogens with zero attached hydrogens (tertiary/aromatic N) is 3. The Kier molecular flexibility index (Phi) is 2.52. The molecule has 0 aliphatic rings. The fourth-order valence-corrected chi connectivity index (χ4v) is 0.629. The van der Waals surface area contributed by atoms with E-state index in [1.54, 1.807) is 0 Å². The van der Waals surface area contributed by atoms with Crippen molar-refractivity contribution in [1.29, 1.82) is 0 Å². The zero-order chi connectivity index (χ0) is 8.97. The maximum atomic E-state index is 10.9. The van der Waals surface area contributed by atoms with Gasteiger partial charge in [-0.15, -0.1) is 0 Å². The summed E-state index contributed by atoms with van der Waals surface area (Å²) in [4.78, 5) is 28.5. The molecule has 0 saturated heterocycles. The average Bonchev–Trinajstić information content (AvgIpc) is 2.09. The van der Waals surface area contributed by atoms with Crippen molar-refractivity contribution in [2.75, 3.05) is 7.11 Å². The molecule has 6 heteroatoms. The predicted octanol–water partition coefficient (Wildman–Crippen LogP) is -1.19. The van der Waals surface area contributed by atoms with Gasteiger partial charge in [-0.2, -0.15) is 4.98 Å². The molecule has 0 bridgehead atoms. The molecular weight excluding hydrogens is 162 g/mol. The summed E-state index contributed by atoms with van der Waals surface area (Å²) in [7, 11) is 1.25. The molecule has 0 atom stereocenters. The van der Waals surface area contributed by atoms with Crippen molar-refractivity contribution >= 4 is 5.97 Å². The summed E-state index contributed by atoms with van der Waals surface area (Å²) in [5, 5.41) is 0. The third-order valence-corrected chi connectivity index (χ3v) is 1.21. The van der Waals surface area contributed by atoms with E-state index in [4.69, 9.17) is 0 Å². The van der Waals surface area contributed by atoms with E-state index in [2.05, 4.69) is 14.7 Å². The maximum absolute atomic E-state index is 10.9. The molecule has 0 N–H and O–H groups in total. The summed E-state index contributed by atoms with van der Waals surface area (Å²) in [6.45, 7) is -0.157. The zero-order valence-electron chi connectivity index (χ0n) is 6.43. The van der Waals surface area contributed by atoms with Crippen LogP contribution in [0.2, 0.25) is 0 Å². The van der Waals surface area contributed by atoms with E-state index < -0.39 is 11.7 Å². The SMILES string of the molecule is COC(=O)Cn1cncnc1=O. The van der Waals surface area contributed by atoms with Crippen LogP contribution in [0.3, 0.4) is 0 Å². The van der Waals surface area contributed by atoms with Gasteiger partial charge in [0.2, 0.25) is 0 Å². The van der Waals surface area contributed by atoms with Crippen LogP contribution in [-0.4, -0.2) is 27.6 Å². The molecule has 64 valence electrons. The van der Waals surface area contributed by atoms with Crippen molar-refractivity contribution in [1.82, 2.24) is 14.5 Å². The minimum atomic E-state index is -0.518. The second kappa shape index (κ2) is 3.61. The van der Waals surface area contributed by atoms with Gasteiger partial charge in [-0.3, -0.25) is 9.36 Å². The lowest BCUT2D eigenvalue weighted by Gasteiger charge is -1.99. The van der Waals surface area contributed by atoms with E-state index in [0.29, 0.717) is 0 Å². The highest BCUT2D eigenvalue weighted by atomic mass is 16.5. The van der Waals surface area contributed by atoms with Crippen LogP contribution < -0.4 is 5.69 Å². The molecule has 0 fully saturated rings. The lowest BCUT2D eigenvalue weighted by Crippen LogP contribution is -2.26. The Hall–Kier alpha value is -1.72. The quantitative estimate of drug-likeness (QED) is 0.520. The Labute approximate surface area is 67.8 Å². The second-order valence-electron chi connectivity index (χ2n) is 2.00. The number of esters is 1. The molecule has 0 radical (unpaired) electrons. The van der Waals surface area contributed by atoms with Crippen LogP contribution in [0.4, 0.5) is 0 Å². The van der Waals surface area contributed by atoms with Crippen molar-refractivity contribution < 1.29 is 9.53 Å². The number of carbonyl (C=O) groups excluding carboxylic acids is 1. The van der Waals surface area contributed by atoms with E-state index in [1.165, 1.54) is 13.4 Å². The largest absolute Gasteiger partial charge is 0.468 e. The Balaban J connectivity index is 2.83. The van der Waals surface area contributed by atoms with Crippen LogP contribution in [0, 0.1) is 0 Å². The van der Waals surface area contributed by atoms with Crippen LogP contribution in [0.5, 0.6) is 0 Å². The summed E-state index contributed by atoms with van der Waals surface area (Å²) in [6.07, 6.45) is 2.35. The molecule has 1 rings (SSSR count). The number of hydrogen-bond acceptors (Lipinski definition) is 5. The first-order chi connectivity index (χ1) is 5.74. The highest BCUT2D eigenvalue weighted by Crippen LogP contribution is 1.79. The number of ether oxygens (including phenoxy) is 1. The highest BCUT2D eigenvalue weighted by Gasteiger charge is 2.02. The Morgan fingerprint density at radius 2 is 2.50 bits per heavy atom. The minimum absolute atomic E-state index is 0.157. The third kappa shape index (κ3) is 1.88. The topological polar surface area (TPSA) is 74.1 Å². The number of aromatic nitrogens is 3. The van der Waals surface area contributed by atoms with E-state index in [9.17, 15) is 9.59 Å². The standard InChI is InChI=1S/C6H7N3O3/c1-12-5(10)2-9-4-7-3-8-6(9)11/h3-4H,2H2,1H3. The van der Waals surface area contributed by atoms with Crippen LogP contribution >= 0.6 is 0 Å². The summed E-state index contributed by atoms with van der Waals surface area (Å²) < 4.78 is 5.42. The number of carbonyl (C=O) groups is 1. The van der Waals surface area contributed by atoms with Crippen LogP contribution in [0.1, 0.15) is 0 Å². The molecule has 1 aromatic heterocycles. The first-order valence-electron chi connectivity index (χ1n) is 3.17. The van der Waals surface area contributed by atoms with Crippen molar-refractivity contribution in [2.24, 2.45) is 0 Å². The van der Waals surface area contributed by atoms with Gasteiger partial charge in [0.05, 0.1) is 7.11 Å². The molecule has 1 heterocycles. The molecule has 0 saturated carbocycles. The van der Waals surface area contributed by atoms with E-state index in [0.717, 1.165) is 10.9 Å². The van der Waals surface area contributed by atoms with Gasteiger partial charge in [0.1, 0.15) is 19.2 Å². The van der Waals surface area contributed by atoms with Crippen LogP contribution in [0.25, 0.3) is 0 Å². The lowest BCUT2D eigenvalue weighted by atomic mass is 10.6. The molecule has 0 amide bonds.